The number of aliphatic hydroxyl groups is 1. The maximum atomic E-state index is 11.7. The van der Waals surface area contributed by atoms with Gasteiger partial charge in [0.2, 0.25) is 8.32 Å². The molecule has 2 unspecified atom stereocenters. The third-order valence-electron chi connectivity index (χ3n) is 4.20. The van der Waals surface area contributed by atoms with Crippen molar-refractivity contribution >= 4 is 18.4 Å². The third-order valence-corrected chi connectivity index (χ3v) is 7.64. The zero-order valence-corrected chi connectivity index (χ0v) is 17.0. The van der Waals surface area contributed by atoms with Gasteiger partial charge in [-0.1, -0.05) is 20.8 Å². The quantitative estimate of drug-likeness (QED) is 0.587. The van der Waals surface area contributed by atoms with Crippen LogP contribution in [0.5, 0.6) is 0 Å². The second-order valence-corrected chi connectivity index (χ2v) is 13.5. The molecule has 1 saturated heterocycles. The van der Waals surface area contributed by atoms with Gasteiger partial charge in [-0.2, -0.15) is 21.6 Å². The van der Waals surface area contributed by atoms with Crippen molar-refractivity contribution in [2.75, 3.05) is 6.61 Å². The lowest BCUT2D eigenvalue weighted by Crippen LogP contribution is -2.44. The summed E-state index contributed by atoms with van der Waals surface area (Å²) in [5, 5.41) is 9.06. The fraction of sp³-hybridized carbons (Fsp3) is 1.00. The SMILES string of the molecule is CC1[C@H](C)OC(CO)[C@H](C)[C@@H]1C.C[Si](C)(C)OS(=O)(=O)C(F)(F)F. The lowest BCUT2D eigenvalue weighted by Gasteiger charge is -2.41. The molecule has 0 spiro atoms. The van der Waals surface area contributed by atoms with E-state index in [9.17, 15) is 21.6 Å². The summed E-state index contributed by atoms with van der Waals surface area (Å²) in [6.45, 7) is 12.9. The van der Waals surface area contributed by atoms with Gasteiger partial charge < -0.3 is 13.7 Å². The van der Waals surface area contributed by atoms with E-state index >= 15 is 0 Å². The topological polar surface area (TPSA) is 72.8 Å². The van der Waals surface area contributed by atoms with Crippen LogP contribution in [0.3, 0.4) is 0 Å². The van der Waals surface area contributed by atoms with E-state index in [-0.39, 0.29) is 18.8 Å². The van der Waals surface area contributed by atoms with Gasteiger partial charge in [-0.05, 0) is 44.3 Å². The van der Waals surface area contributed by atoms with E-state index in [1.165, 1.54) is 19.6 Å². The highest BCUT2D eigenvalue weighted by Crippen LogP contribution is 2.34. The molecule has 10 heteroatoms. The molecule has 0 radical (unpaired) electrons. The van der Waals surface area contributed by atoms with E-state index in [0.29, 0.717) is 17.8 Å². The van der Waals surface area contributed by atoms with Crippen molar-refractivity contribution in [1.29, 1.82) is 0 Å². The minimum Gasteiger partial charge on any atom is -0.394 e. The Balaban J connectivity index is 0.000000441. The van der Waals surface area contributed by atoms with Crippen molar-refractivity contribution in [3.63, 3.8) is 0 Å². The summed E-state index contributed by atoms with van der Waals surface area (Å²) in [6.07, 6.45) is 0.333. The summed E-state index contributed by atoms with van der Waals surface area (Å²) in [4.78, 5) is 0. The zero-order valence-electron chi connectivity index (χ0n) is 15.2. The second-order valence-electron chi connectivity index (χ2n) is 7.24. The number of alkyl halides is 3. The lowest BCUT2D eigenvalue weighted by molar-refractivity contribution is -0.140. The molecular formula is C14H29F3O5SSi. The van der Waals surface area contributed by atoms with Crippen LogP contribution in [-0.2, 0) is 18.7 Å². The Hall–Kier alpha value is -0.163. The van der Waals surface area contributed by atoms with Crippen molar-refractivity contribution in [2.45, 2.75) is 65.1 Å². The first-order chi connectivity index (χ1) is 10.5. The lowest BCUT2D eigenvalue weighted by atomic mass is 9.77. The number of ether oxygens (including phenoxy) is 1. The molecule has 1 fully saturated rings. The number of rotatable bonds is 3. The fourth-order valence-corrected chi connectivity index (χ4v) is 5.37. The molecule has 1 rings (SSSR count). The molecule has 0 aliphatic carbocycles. The Bertz CT molecular complexity index is 485. The van der Waals surface area contributed by atoms with E-state index in [4.69, 9.17) is 9.84 Å². The van der Waals surface area contributed by atoms with E-state index < -0.39 is 23.9 Å². The molecule has 1 heterocycles. The molecule has 0 aromatic carbocycles. The van der Waals surface area contributed by atoms with Crippen LogP contribution in [0, 0.1) is 17.8 Å². The predicted molar refractivity (Wildman–Crippen MR) is 88.3 cm³/mol. The normalized spacial score (nSPS) is 32.0. The first kappa shape index (κ1) is 23.8. The van der Waals surface area contributed by atoms with Crippen LogP contribution in [0.25, 0.3) is 0 Å². The minimum absolute atomic E-state index is 0.0474. The van der Waals surface area contributed by atoms with Gasteiger partial charge in [-0.3, -0.25) is 0 Å². The van der Waals surface area contributed by atoms with Crippen molar-refractivity contribution < 1.29 is 35.3 Å². The van der Waals surface area contributed by atoms with Crippen molar-refractivity contribution in [3.8, 4) is 0 Å². The number of aliphatic hydroxyl groups excluding tert-OH is 1. The third kappa shape index (κ3) is 6.99. The first-order valence-corrected chi connectivity index (χ1v) is 12.6. The fourth-order valence-electron chi connectivity index (χ4n) is 2.35. The number of hydrogen-bond acceptors (Lipinski definition) is 5. The Morgan fingerprint density at radius 3 is 1.79 bits per heavy atom. The van der Waals surface area contributed by atoms with Crippen LogP contribution in [0.15, 0.2) is 0 Å². The van der Waals surface area contributed by atoms with Gasteiger partial charge in [0.15, 0.2) is 0 Å². The van der Waals surface area contributed by atoms with Gasteiger partial charge in [0, 0.05) is 0 Å². The molecular weight excluding hydrogens is 365 g/mol. The molecule has 0 saturated carbocycles. The highest BCUT2D eigenvalue weighted by atomic mass is 32.2. The molecule has 0 aromatic heterocycles. The second kappa shape index (κ2) is 8.48. The molecule has 24 heavy (non-hydrogen) atoms. The summed E-state index contributed by atoms with van der Waals surface area (Å²) in [7, 11) is -8.10. The Labute approximate surface area is 143 Å². The number of halogens is 3. The van der Waals surface area contributed by atoms with Crippen molar-refractivity contribution in [2.24, 2.45) is 17.8 Å². The molecule has 5 nitrogen and oxygen atoms in total. The van der Waals surface area contributed by atoms with E-state index in [0.717, 1.165) is 0 Å². The monoisotopic (exact) mass is 394 g/mol. The minimum atomic E-state index is -5.39. The van der Waals surface area contributed by atoms with E-state index in [1.54, 1.807) is 0 Å². The average Bonchev–Trinajstić information content (AvgIpc) is 2.37. The van der Waals surface area contributed by atoms with Crippen LogP contribution in [0.2, 0.25) is 19.6 Å². The first-order valence-electron chi connectivity index (χ1n) is 7.81. The predicted octanol–water partition coefficient (Wildman–Crippen LogP) is 3.36. The van der Waals surface area contributed by atoms with Gasteiger partial charge in [-0.25, -0.2) is 0 Å². The van der Waals surface area contributed by atoms with E-state index in [1.807, 2.05) is 0 Å². The zero-order chi connectivity index (χ0) is 19.5. The highest BCUT2D eigenvalue weighted by Gasteiger charge is 2.49. The summed E-state index contributed by atoms with van der Waals surface area (Å²) in [5.41, 5.74) is -5.31. The Kier molecular flexibility index (Phi) is 8.42. The van der Waals surface area contributed by atoms with E-state index in [2.05, 4.69) is 31.6 Å². The van der Waals surface area contributed by atoms with Crippen LogP contribution in [0.1, 0.15) is 27.7 Å². The number of hydrogen-bond donors (Lipinski definition) is 1. The highest BCUT2D eigenvalue weighted by molar-refractivity contribution is 7.88. The maximum Gasteiger partial charge on any atom is 0.522 e. The van der Waals surface area contributed by atoms with Crippen LogP contribution in [-0.4, -0.2) is 46.2 Å². The molecule has 146 valence electrons. The summed E-state index contributed by atoms with van der Waals surface area (Å²) in [5.74, 6) is 1.72. The molecule has 0 amide bonds. The molecule has 1 N–H and O–H groups in total. The van der Waals surface area contributed by atoms with Gasteiger partial charge in [0.05, 0.1) is 18.8 Å². The largest absolute Gasteiger partial charge is 0.522 e. The smallest absolute Gasteiger partial charge is 0.394 e. The van der Waals surface area contributed by atoms with Crippen molar-refractivity contribution in [3.05, 3.63) is 0 Å². The van der Waals surface area contributed by atoms with Crippen LogP contribution >= 0.6 is 0 Å². The Morgan fingerprint density at radius 1 is 1.04 bits per heavy atom. The standard InChI is InChI=1S/C10H20O2.C4H9F3O3SSi/c1-6-7(2)9(4)12-10(5-11)8(6)3;1-12(2,3)10-11(8,9)4(5,6)7/h6-11H,5H2,1-4H3;1-3H3/t6-,7?,8-,9+,10?;/m1./s1. The summed E-state index contributed by atoms with van der Waals surface area (Å²) >= 11 is 0. The van der Waals surface area contributed by atoms with Crippen LogP contribution in [0.4, 0.5) is 13.2 Å². The molecule has 5 atom stereocenters. The van der Waals surface area contributed by atoms with Gasteiger partial charge >= 0.3 is 15.6 Å². The molecule has 0 aromatic rings. The molecule has 1 aliphatic heterocycles. The van der Waals surface area contributed by atoms with Gasteiger partial charge in [0.1, 0.15) is 0 Å². The summed E-state index contributed by atoms with van der Waals surface area (Å²) in [6, 6.07) is 0. The maximum absolute atomic E-state index is 11.7. The Morgan fingerprint density at radius 2 is 1.50 bits per heavy atom. The van der Waals surface area contributed by atoms with Crippen molar-refractivity contribution in [1.82, 2.24) is 0 Å². The molecule has 0 bridgehead atoms. The van der Waals surface area contributed by atoms with Crippen LogP contribution < -0.4 is 0 Å². The summed E-state index contributed by atoms with van der Waals surface area (Å²) < 4.78 is 65.4. The van der Waals surface area contributed by atoms with Gasteiger partial charge in [-0.15, -0.1) is 0 Å². The average molecular weight is 395 g/mol. The molecule has 1 aliphatic rings. The van der Waals surface area contributed by atoms with Gasteiger partial charge in [0.25, 0.3) is 0 Å².